The number of rotatable bonds is 3. The van der Waals surface area contributed by atoms with Crippen molar-refractivity contribution < 1.29 is 4.79 Å². The van der Waals surface area contributed by atoms with E-state index < -0.39 is 0 Å². The number of nitriles is 1. The monoisotopic (exact) mass is 271 g/mol. The fourth-order valence-corrected chi connectivity index (χ4v) is 2.65. The first-order chi connectivity index (χ1) is 9.60. The lowest BCUT2D eigenvalue weighted by atomic mass is 9.93. The molecule has 2 unspecified atom stereocenters. The largest absolute Gasteiger partial charge is 0.340 e. The summed E-state index contributed by atoms with van der Waals surface area (Å²) < 4.78 is 0. The number of piperidine rings is 1. The first-order valence-electron chi connectivity index (χ1n) is 7.07. The molecule has 4 heteroatoms. The Hall–Kier alpha value is -1.86. The van der Waals surface area contributed by atoms with Gasteiger partial charge in [-0.2, -0.15) is 5.26 Å². The number of likely N-dealkylation sites (N-methyl/N-ethyl adjacent to an activating group) is 1. The fourth-order valence-electron chi connectivity index (χ4n) is 2.65. The minimum atomic E-state index is -0.0668. The maximum absolute atomic E-state index is 12.4. The van der Waals surface area contributed by atoms with Crippen LogP contribution in [-0.2, 0) is 11.3 Å². The number of carbonyl (C=O) groups is 1. The summed E-state index contributed by atoms with van der Waals surface area (Å²) in [5.41, 5.74) is 1.62. The lowest BCUT2D eigenvalue weighted by molar-refractivity contribution is -0.133. The van der Waals surface area contributed by atoms with Crippen molar-refractivity contribution in [1.29, 1.82) is 5.26 Å². The van der Waals surface area contributed by atoms with Gasteiger partial charge in [0.15, 0.2) is 0 Å². The Labute approximate surface area is 120 Å². The molecule has 1 aromatic rings. The van der Waals surface area contributed by atoms with Crippen molar-refractivity contribution in [2.75, 3.05) is 13.6 Å². The van der Waals surface area contributed by atoms with Gasteiger partial charge in [0.2, 0.25) is 5.91 Å². The zero-order valence-corrected chi connectivity index (χ0v) is 12.1. The minimum Gasteiger partial charge on any atom is -0.340 e. The molecule has 1 fully saturated rings. The van der Waals surface area contributed by atoms with Crippen molar-refractivity contribution in [3.63, 3.8) is 0 Å². The number of hydrogen-bond donors (Lipinski definition) is 1. The van der Waals surface area contributed by atoms with E-state index in [1.54, 1.807) is 11.0 Å². The third-order valence-electron chi connectivity index (χ3n) is 3.82. The van der Waals surface area contributed by atoms with Crippen LogP contribution in [0.15, 0.2) is 24.3 Å². The molecule has 20 heavy (non-hydrogen) atoms. The first kappa shape index (κ1) is 14.5. The van der Waals surface area contributed by atoms with Crippen molar-refractivity contribution >= 4 is 5.91 Å². The molecular formula is C16H21N3O. The molecule has 2 rings (SSSR count). The second-order valence-corrected chi connectivity index (χ2v) is 5.64. The second-order valence-electron chi connectivity index (χ2n) is 5.64. The molecule has 0 aromatic heterocycles. The molecule has 0 aliphatic carbocycles. The normalized spacial score (nSPS) is 22.1. The van der Waals surface area contributed by atoms with Crippen molar-refractivity contribution in [1.82, 2.24) is 10.2 Å². The second kappa shape index (κ2) is 6.53. The maximum atomic E-state index is 12.4. The van der Waals surface area contributed by atoms with Crippen molar-refractivity contribution in [3.05, 3.63) is 35.4 Å². The molecule has 1 N–H and O–H groups in total. The van der Waals surface area contributed by atoms with Gasteiger partial charge >= 0.3 is 0 Å². The standard InChI is InChI=1S/C16H21N3O/c1-12-6-7-18-15(8-12)16(20)19(2)11-14-5-3-4-13(9-14)10-17/h3-5,9,12,15,18H,6-8,11H2,1-2H3. The van der Waals surface area contributed by atoms with Crippen LogP contribution in [0.1, 0.15) is 30.9 Å². The van der Waals surface area contributed by atoms with Crippen LogP contribution < -0.4 is 5.32 Å². The van der Waals surface area contributed by atoms with E-state index in [4.69, 9.17) is 5.26 Å². The summed E-state index contributed by atoms with van der Waals surface area (Å²) in [5.74, 6) is 0.736. The Kier molecular flexibility index (Phi) is 4.75. The van der Waals surface area contributed by atoms with Gasteiger partial charge in [0, 0.05) is 13.6 Å². The molecule has 106 valence electrons. The van der Waals surface area contributed by atoms with Crippen LogP contribution in [0.3, 0.4) is 0 Å². The molecule has 1 amide bonds. The molecule has 0 radical (unpaired) electrons. The Balaban J connectivity index is 1.98. The van der Waals surface area contributed by atoms with Crippen LogP contribution in [0.5, 0.6) is 0 Å². The van der Waals surface area contributed by atoms with Crippen LogP contribution in [0.4, 0.5) is 0 Å². The Morgan fingerprint density at radius 3 is 3.05 bits per heavy atom. The maximum Gasteiger partial charge on any atom is 0.239 e. The molecule has 1 heterocycles. The van der Waals surface area contributed by atoms with Gasteiger partial charge in [-0.15, -0.1) is 0 Å². The van der Waals surface area contributed by atoms with E-state index in [1.807, 2.05) is 25.2 Å². The quantitative estimate of drug-likeness (QED) is 0.913. The number of nitrogens with zero attached hydrogens (tertiary/aromatic N) is 2. The fraction of sp³-hybridized carbons (Fsp3) is 0.500. The summed E-state index contributed by atoms with van der Waals surface area (Å²) >= 11 is 0. The SMILES string of the molecule is CC1CCNC(C(=O)N(C)Cc2cccc(C#N)c2)C1. The van der Waals surface area contributed by atoms with Crippen molar-refractivity contribution in [2.45, 2.75) is 32.4 Å². The predicted octanol–water partition coefficient (Wildman–Crippen LogP) is 1.90. The molecule has 1 aliphatic rings. The molecule has 1 aromatic carbocycles. The van der Waals surface area contributed by atoms with Crippen LogP contribution in [0, 0.1) is 17.2 Å². The molecule has 2 atom stereocenters. The first-order valence-corrected chi connectivity index (χ1v) is 7.07. The third kappa shape index (κ3) is 3.58. The lowest BCUT2D eigenvalue weighted by Crippen LogP contribution is -2.48. The van der Waals surface area contributed by atoms with Crippen molar-refractivity contribution in [3.8, 4) is 6.07 Å². The molecule has 0 saturated carbocycles. The minimum absolute atomic E-state index is 0.0668. The van der Waals surface area contributed by atoms with E-state index in [0.717, 1.165) is 24.9 Å². The zero-order valence-electron chi connectivity index (χ0n) is 12.1. The van der Waals surface area contributed by atoms with Crippen LogP contribution in [-0.4, -0.2) is 30.4 Å². The van der Waals surface area contributed by atoms with Gasteiger partial charge in [0.1, 0.15) is 0 Å². The van der Waals surface area contributed by atoms with E-state index in [1.165, 1.54) is 0 Å². The highest BCUT2D eigenvalue weighted by Gasteiger charge is 2.26. The third-order valence-corrected chi connectivity index (χ3v) is 3.82. The van der Waals surface area contributed by atoms with E-state index in [-0.39, 0.29) is 11.9 Å². The number of carbonyl (C=O) groups excluding carboxylic acids is 1. The van der Waals surface area contributed by atoms with Gasteiger partial charge in [-0.1, -0.05) is 19.1 Å². The Morgan fingerprint density at radius 1 is 1.55 bits per heavy atom. The Morgan fingerprint density at radius 2 is 2.35 bits per heavy atom. The molecular weight excluding hydrogens is 250 g/mol. The molecule has 1 saturated heterocycles. The highest BCUT2D eigenvalue weighted by atomic mass is 16.2. The average Bonchev–Trinajstić information content (AvgIpc) is 2.46. The summed E-state index contributed by atoms with van der Waals surface area (Å²) in [7, 11) is 1.82. The van der Waals surface area contributed by atoms with E-state index in [9.17, 15) is 4.79 Å². The highest BCUT2D eigenvalue weighted by Crippen LogP contribution is 2.17. The molecule has 1 aliphatic heterocycles. The number of hydrogen-bond acceptors (Lipinski definition) is 3. The summed E-state index contributed by atoms with van der Waals surface area (Å²) in [5, 5.41) is 12.2. The van der Waals surface area contributed by atoms with Gasteiger partial charge in [-0.3, -0.25) is 4.79 Å². The van der Waals surface area contributed by atoms with E-state index >= 15 is 0 Å². The number of nitrogens with one attached hydrogen (secondary N) is 1. The van der Waals surface area contributed by atoms with Gasteiger partial charge in [0.25, 0.3) is 0 Å². The molecule has 0 spiro atoms. The Bertz CT molecular complexity index is 521. The zero-order chi connectivity index (χ0) is 14.5. The molecule has 4 nitrogen and oxygen atoms in total. The van der Waals surface area contributed by atoms with Gasteiger partial charge in [-0.25, -0.2) is 0 Å². The summed E-state index contributed by atoms with van der Waals surface area (Å²) in [6, 6.07) is 9.46. The predicted molar refractivity (Wildman–Crippen MR) is 77.8 cm³/mol. The van der Waals surface area contributed by atoms with E-state index in [2.05, 4.69) is 18.3 Å². The molecule has 0 bridgehead atoms. The van der Waals surface area contributed by atoms with E-state index in [0.29, 0.717) is 18.0 Å². The van der Waals surface area contributed by atoms with Gasteiger partial charge < -0.3 is 10.2 Å². The summed E-state index contributed by atoms with van der Waals surface area (Å²) in [6.07, 6.45) is 2.04. The summed E-state index contributed by atoms with van der Waals surface area (Å²) in [6.45, 7) is 3.65. The van der Waals surface area contributed by atoms with Crippen LogP contribution >= 0.6 is 0 Å². The van der Waals surface area contributed by atoms with Gasteiger partial charge in [0.05, 0.1) is 17.7 Å². The smallest absolute Gasteiger partial charge is 0.239 e. The average molecular weight is 271 g/mol. The number of amides is 1. The number of benzene rings is 1. The van der Waals surface area contributed by atoms with Gasteiger partial charge in [-0.05, 0) is 43.0 Å². The van der Waals surface area contributed by atoms with Crippen LogP contribution in [0.25, 0.3) is 0 Å². The topological polar surface area (TPSA) is 56.1 Å². The summed E-state index contributed by atoms with van der Waals surface area (Å²) in [4.78, 5) is 14.1. The van der Waals surface area contributed by atoms with Crippen molar-refractivity contribution in [2.24, 2.45) is 5.92 Å². The highest BCUT2D eigenvalue weighted by molar-refractivity contribution is 5.81. The lowest BCUT2D eigenvalue weighted by Gasteiger charge is -2.30. The van der Waals surface area contributed by atoms with Crippen LogP contribution in [0.2, 0.25) is 0 Å².